The number of rotatable bonds is 3. The summed E-state index contributed by atoms with van der Waals surface area (Å²) in [6.07, 6.45) is 1.95. The molecule has 0 saturated carbocycles. The monoisotopic (exact) mass is 220 g/mol. The van der Waals surface area contributed by atoms with E-state index in [1.165, 1.54) is 5.56 Å². The van der Waals surface area contributed by atoms with Gasteiger partial charge in [0, 0.05) is 12.5 Å². The van der Waals surface area contributed by atoms with Crippen LogP contribution in [-0.4, -0.2) is 23.8 Å². The van der Waals surface area contributed by atoms with Gasteiger partial charge in [-0.15, -0.1) is 0 Å². The minimum absolute atomic E-state index is 0.0968. The molecule has 1 N–H and O–H groups in total. The molecule has 1 aromatic rings. The largest absolute Gasteiger partial charge is 0.481 e. The molecule has 1 aliphatic rings. The second-order valence-electron chi connectivity index (χ2n) is 4.17. The first-order valence-electron chi connectivity index (χ1n) is 5.65. The smallest absolute Gasteiger partial charge is 0.306 e. The molecule has 0 bridgehead atoms. The lowest BCUT2D eigenvalue weighted by Gasteiger charge is -2.31. The summed E-state index contributed by atoms with van der Waals surface area (Å²) in [4.78, 5) is 10.8. The Labute approximate surface area is 95.0 Å². The van der Waals surface area contributed by atoms with E-state index in [2.05, 4.69) is 0 Å². The fourth-order valence-corrected chi connectivity index (χ4v) is 2.29. The van der Waals surface area contributed by atoms with E-state index in [0.29, 0.717) is 6.61 Å². The molecule has 0 aliphatic carbocycles. The molecule has 86 valence electrons. The Balaban J connectivity index is 2.13. The number of carboxylic acid groups (broad SMARTS) is 1. The van der Waals surface area contributed by atoms with Crippen molar-refractivity contribution in [3.05, 3.63) is 35.9 Å². The molecule has 3 nitrogen and oxygen atoms in total. The molecule has 2 unspecified atom stereocenters. The van der Waals surface area contributed by atoms with Crippen LogP contribution in [0.1, 0.15) is 30.7 Å². The number of hydrogen-bond donors (Lipinski definition) is 1. The first kappa shape index (κ1) is 11.1. The van der Waals surface area contributed by atoms with Crippen LogP contribution in [0.25, 0.3) is 0 Å². The highest BCUT2D eigenvalue weighted by Crippen LogP contribution is 2.32. The molecule has 0 spiro atoms. The molecule has 16 heavy (non-hydrogen) atoms. The van der Waals surface area contributed by atoms with Gasteiger partial charge in [0.1, 0.15) is 0 Å². The predicted octanol–water partition coefficient (Wildman–Crippen LogP) is 2.42. The summed E-state index contributed by atoms with van der Waals surface area (Å²) in [5.74, 6) is -0.557. The number of carbonyl (C=O) groups is 1. The molecule has 2 atom stereocenters. The third kappa shape index (κ3) is 2.61. The van der Waals surface area contributed by atoms with Crippen molar-refractivity contribution >= 4 is 5.97 Å². The summed E-state index contributed by atoms with van der Waals surface area (Å²) in [5, 5.41) is 8.85. The van der Waals surface area contributed by atoms with Crippen molar-refractivity contribution in [1.82, 2.24) is 0 Å². The van der Waals surface area contributed by atoms with Crippen LogP contribution in [0, 0.1) is 0 Å². The van der Waals surface area contributed by atoms with Crippen molar-refractivity contribution in [2.45, 2.75) is 31.3 Å². The van der Waals surface area contributed by atoms with Crippen molar-refractivity contribution < 1.29 is 14.6 Å². The van der Waals surface area contributed by atoms with E-state index >= 15 is 0 Å². The van der Waals surface area contributed by atoms with Crippen LogP contribution >= 0.6 is 0 Å². The van der Waals surface area contributed by atoms with Crippen molar-refractivity contribution in [3.63, 3.8) is 0 Å². The molecular weight excluding hydrogens is 204 g/mol. The van der Waals surface area contributed by atoms with Crippen LogP contribution in [0.4, 0.5) is 0 Å². The second kappa shape index (κ2) is 5.12. The van der Waals surface area contributed by atoms with Crippen LogP contribution < -0.4 is 0 Å². The maximum absolute atomic E-state index is 10.8. The maximum atomic E-state index is 10.8. The lowest BCUT2D eigenvalue weighted by atomic mass is 9.86. The molecule has 1 aromatic carbocycles. The quantitative estimate of drug-likeness (QED) is 0.851. The van der Waals surface area contributed by atoms with Gasteiger partial charge in [-0.2, -0.15) is 0 Å². The van der Waals surface area contributed by atoms with Crippen LogP contribution in [0.5, 0.6) is 0 Å². The van der Waals surface area contributed by atoms with Gasteiger partial charge in [0.15, 0.2) is 0 Å². The fraction of sp³-hybridized carbons (Fsp3) is 0.462. The highest BCUT2D eigenvalue weighted by Gasteiger charge is 2.28. The van der Waals surface area contributed by atoms with Gasteiger partial charge < -0.3 is 9.84 Å². The zero-order valence-corrected chi connectivity index (χ0v) is 9.13. The lowest BCUT2D eigenvalue weighted by Crippen LogP contribution is -2.30. The van der Waals surface area contributed by atoms with Crippen LogP contribution in [0.15, 0.2) is 30.3 Å². The third-order valence-corrected chi connectivity index (χ3v) is 3.04. The molecule has 0 amide bonds. The van der Waals surface area contributed by atoms with Gasteiger partial charge in [-0.05, 0) is 18.4 Å². The van der Waals surface area contributed by atoms with E-state index in [-0.39, 0.29) is 18.4 Å². The van der Waals surface area contributed by atoms with Crippen LogP contribution in [-0.2, 0) is 9.53 Å². The normalized spacial score (nSPS) is 25.2. The Morgan fingerprint density at radius 2 is 2.12 bits per heavy atom. The average Bonchev–Trinajstić information content (AvgIpc) is 2.30. The van der Waals surface area contributed by atoms with E-state index in [1.54, 1.807) is 0 Å². The predicted molar refractivity (Wildman–Crippen MR) is 60.4 cm³/mol. The van der Waals surface area contributed by atoms with Crippen LogP contribution in [0.3, 0.4) is 0 Å². The summed E-state index contributed by atoms with van der Waals surface area (Å²) in [6.45, 7) is 0.682. The molecule has 0 aromatic heterocycles. The minimum atomic E-state index is -0.784. The van der Waals surface area contributed by atoms with E-state index in [0.717, 1.165) is 12.8 Å². The molecule has 0 radical (unpaired) electrons. The molecule has 2 rings (SSSR count). The van der Waals surface area contributed by atoms with Crippen molar-refractivity contribution in [2.24, 2.45) is 0 Å². The molecule has 1 fully saturated rings. The molecular formula is C13H16O3. The SMILES string of the molecule is O=C(O)CC1OCCCC1c1ccccc1. The zero-order valence-electron chi connectivity index (χ0n) is 9.13. The zero-order chi connectivity index (χ0) is 11.4. The summed E-state index contributed by atoms with van der Waals surface area (Å²) in [5.41, 5.74) is 1.19. The highest BCUT2D eigenvalue weighted by molar-refractivity contribution is 5.67. The number of aliphatic carboxylic acids is 1. The molecule has 1 saturated heterocycles. The van der Waals surface area contributed by atoms with Gasteiger partial charge in [-0.25, -0.2) is 0 Å². The third-order valence-electron chi connectivity index (χ3n) is 3.04. The van der Waals surface area contributed by atoms with Gasteiger partial charge in [0.05, 0.1) is 12.5 Å². The Morgan fingerprint density at radius 3 is 2.81 bits per heavy atom. The topological polar surface area (TPSA) is 46.5 Å². The van der Waals surface area contributed by atoms with E-state index in [9.17, 15) is 4.79 Å². The number of carboxylic acids is 1. The molecule has 3 heteroatoms. The van der Waals surface area contributed by atoms with Gasteiger partial charge >= 0.3 is 5.97 Å². The fourth-order valence-electron chi connectivity index (χ4n) is 2.29. The average molecular weight is 220 g/mol. The first-order chi connectivity index (χ1) is 7.77. The summed E-state index contributed by atoms with van der Waals surface area (Å²) < 4.78 is 5.57. The Morgan fingerprint density at radius 1 is 1.38 bits per heavy atom. The summed E-state index contributed by atoms with van der Waals surface area (Å²) in [7, 11) is 0. The highest BCUT2D eigenvalue weighted by atomic mass is 16.5. The lowest BCUT2D eigenvalue weighted by molar-refractivity contribution is -0.141. The van der Waals surface area contributed by atoms with E-state index < -0.39 is 5.97 Å². The van der Waals surface area contributed by atoms with Crippen molar-refractivity contribution in [1.29, 1.82) is 0 Å². The second-order valence-corrected chi connectivity index (χ2v) is 4.17. The summed E-state index contributed by atoms with van der Waals surface area (Å²) >= 11 is 0. The van der Waals surface area contributed by atoms with Gasteiger partial charge in [0.25, 0.3) is 0 Å². The van der Waals surface area contributed by atoms with Gasteiger partial charge in [0.2, 0.25) is 0 Å². The molecule has 1 aliphatic heterocycles. The number of hydrogen-bond acceptors (Lipinski definition) is 2. The molecule has 1 heterocycles. The first-order valence-corrected chi connectivity index (χ1v) is 5.65. The van der Waals surface area contributed by atoms with E-state index in [1.807, 2.05) is 30.3 Å². The number of benzene rings is 1. The number of ether oxygens (including phenoxy) is 1. The maximum Gasteiger partial charge on any atom is 0.306 e. The minimum Gasteiger partial charge on any atom is -0.481 e. The summed E-state index contributed by atoms with van der Waals surface area (Å²) in [6, 6.07) is 10.0. The Hall–Kier alpha value is -1.35. The van der Waals surface area contributed by atoms with Gasteiger partial charge in [-0.1, -0.05) is 30.3 Å². The Bertz CT molecular complexity index is 347. The van der Waals surface area contributed by atoms with Crippen molar-refractivity contribution in [2.75, 3.05) is 6.61 Å². The van der Waals surface area contributed by atoms with E-state index in [4.69, 9.17) is 9.84 Å². The van der Waals surface area contributed by atoms with Crippen molar-refractivity contribution in [3.8, 4) is 0 Å². The standard InChI is InChI=1S/C13H16O3/c14-13(15)9-12-11(7-4-8-16-12)10-5-2-1-3-6-10/h1-3,5-6,11-12H,4,7-9H2,(H,14,15). The van der Waals surface area contributed by atoms with Gasteiger partial charge in [-0.3, -0.25) is 4.79 Å². The van der Waals surface area contributed by atoms with Crippen LogP contribution in [0.2, 0.25) is 0 Å². The Kier molecular flexibility index (Phi) is 3.57.